The first-order valence-corrected chi connectivity index (χ1v) is 7.45. The molecule has 4 nitrogen and oxygen atoms in total. The quantitative estimate of drug-likeness (QED) is 0.714. The first-order valence-electron chi connectivity index (χ1n) is 7.45. The molecule has 0 unspecified atom stereocenters. The van der Waals surface area contributed by atoms with Gasteiger partial charge >= 0.3 is 0 Å². The summed E-state index contributed by atoms with van der Waals surface area (Å²) in [5.74, 6) is 2.62. The SMILES string of the molecule is CCCNCc1occc1COc1ccc(OCC)cc1. The van der Waals surface area contributed by atoms with Gasteiger partial charge < -0.3 is 19.2 Å². The lowest BCUT2D eigenvalue weighted by Crippen LogP contribution is -2.14. The third-order valence-electron chi connectivity index (χ3n) is 3.08. The molecule has 1 N–H and O–H groups in total. The number of hydrogen-bond donors (Lipinski definition) is 1. The molecule has 0 fully saturated rings. The lowest BCUT2D eigenvalue weighted by Gasteiger charge is -2.08. The van der Waals surface area contributed by atoms with Gasteiger partial charge in [0.15, 0.2) is 0 Å². The van der Waals surface area contributed by atoms with Crippen molar-refractivity contribution < 1.29 is 13.9 Å². The van der Waals surface area contributed by atoms with Crippen LogP contribution in [0.5, 0.6) is 11.5 Å². The van der Waals surface area contributed by atoms with Gasteiger partial charge in [0.1, 0.15) is 23.9 Å². The summed E-state index contributed by atoms with van der Waals surface area (Å²) in [5, 5.41) is 3.33. The van der Waals surface area contributed by atoms with Crippen LogP contribution in [0.2, 0.25) is 0 Å². The van der Waals surface area contributed by atoms with E-state index in [0.717, 1.165) is 42.3 Å². The summed E-state index contributed by atoms with van der Waals surface area (Å²) in [5.41, 5.74) is 1.08. The summed E-state index contributed by atoms with van der Waals surface area (Å²) in [7, 11) is 0. The molecule has 0 saturated heterocycles. The molecule has 1 heterocycles. The van der Waals surface area contributed by atoms with E-state index in [1.807, 2.05) is 37.3 Å². The second-order valence-electron chi connectivity index (χ2n) is 4.74. The fourth-order valence-electron chi connectivity index (χ4n) is 1.99. The van der Waals surface area contributed by atoms with Gasteiger partial charge in [0.25, 0.3) is 0 Å². The van der Waals surface area contributed by atoms with E-state index >= 15 is 0 Å². The summed E-state index contributed by atoms with van der Waals surface area (Å²) in [6.07, 6.45) is 2.82. The molecule has 1 aromatic carbocycles. The average molecular weight is 289 g/mol. The van der Waals surface area contributed by atoms with Crippen molar-refractivity contribution in [1.82, 2.24) is 5.32 Å². The Morgan fingerprint density at radius 1 is 1.00 bits per heavy atom. The van der Waals surface area contributed by atoms with Crippen LogP contribution < -0.4 is 14.8 Å². The second kappa shape index (κ2) is 8.37. The number of nitrogens with one attached hydrogen (secondary N) is 1. The highest BCUT2D eigenvalue weighted by molar-refractivity contribution is 5.31. The highest BCUT2D eigenvalue weighted by Crippen LogP contribution is 2.20. The molecule has 0 aliphatic heterocycles. The maximum absolute atomic E-state index is 5.79. The Morgan fingerprint density at radius 3 is 2.38 bits per heavy atom. The Kier molecular flexibility index (Phi) is 6.16. The maximum Gasteiger partial charge on any atom is 0.124 e. The Morgan fingerprint density at radius 2 is 1.71 bits per heavy atom. The van der Waals surface area contributed by atoms with E-state index < -0.39 is 0 Å². The van der Waals surface area contributed by atoms with Crippen molar-refractivity contribution >= 4 is 0 Å². The predicted octanol–water partition coefficient (Wildman–Crippen LogP) is 3.76. The van der Waals surface area contributed by atoms with Gasteiger partial charge in [0.2, 0.25) is 0 Å². The van der Waals surface area contributed by atoms with Crippen LogP contribution in [0.3, 0.4) is 0 Å². The molecule has 0 bridgehead atoms. The van der Waals surface area contributed by atoms with Gasteiger partial charge in [0.05, 0.1) is 19.4 Å². The minimum absolute atomic E-state index is 0.508. The zero-order chi connectivity index (χ0) is 14.9. The van der Waals surface area contributed by atoms with Crippen LogP contribution in [-0.2, 0) is 13.2 Å². The number of benzene rings is 1. The van der Waals surface area contributed by atoms with Crippen molar-refractivity contribution in [2.24, 2.45) is 0 Å². The van der Waals surface area contributed by atoms with Gasteiger partial charge in [-0.1, -0.05) is 6.92 Å². The van der Waals surface area contributed by atoms with Gasteiger partial charge in [-0.2, -0.15) is 0 Å². The fourth-order valence-corrected chi connectivity index (χ4v) is 1.99. The molecule has 0 atom stereocenters. The van der Waals surface area contributed by atoms with Crippen LogP contribution in [0.15, 0.2) is 41.0 Å². The maximum atomic E-state index is 5.79. The zero-order valence-electron chi connectivity index (χ0n) is 12.7. The van der Waals surface area contributed by atoms with E-state index in [-0.39, 0.29) is 0 Å². The molecule has 1 aromatic heterocycles. The number of hydrogen-bond acceptors (Lipinski definition) is 4. The largest absolute Gasteiger partial charge is 0.494 e. The summed E-state index contributed by atoms with van der Waals surface area (Å²) in [4.78, 5) is 0. The number of rotatable bonds is 9. The average Bonchev–Trinajstić information content (AvgIpc) is 2.95. The first-order chi connectivity index (χ1) is 10.3. The molecular formula is C17H23NO3. The molecule has 4 heteroatoms. The van der Waals surface area contributed by atoms with Crippen LogP contribution in [0, 0.1) is 0 Å². The van der Waals surface area contributed by atoms with Crippen molar-refractivity contribution in [3.63, 3.8) is 0 Å². The molecule has 0 radical (unpaired) electrons. The number of ether oxygens (including phenoxy) is 2. The topological polar surface area (TPSA) is 43.6 Å². The molecule has 0 aliphatic carbocycles. The molecule has 2 aromatic rings. The summed E-state index contributed by atoms with van der Waals surface area (Å²) < 4.78 is 16.7. The smallest absolute Gasteiger partial charge is 0.124 e. The summed E-state index contributed by atoms with van der Waals surface area (Å²) in [6, 6.07) is 9.62. The van der Waals surface area contributed by atoms with Gasteiger partial charge in [-0.25, -0.2) is 0 Å². The van der Waals surface area contributed by atoms with E-state index in [1.54, 1.807) is 6.26 Å². The number of furan rings is 1. The van der Waals surface area contributed by atoms with Gasteiger partial charge in [-0.05, 0) is 50.2 Å². The Bertz CT molecular complexity index is 519. The highest BCUT2D eigenvalue weighted by atomic mass is 16.5. The van der Waals surface area contributed by atoms with Crippen LogP contribution in [0.25, 0.3) is 0 Å². The zero-order valence-corrected chi connectivity index (χ0v) is 12.7. The monoisotopic (exact) mass is 289 g/mol. The van der Waals surface area contributed by atoms with Crippen LogP contribution >= 0.6 is 0 Å². The Balaban J connectivity index is 1.86. The second-order valence-corrected chi connectivity index (χ2v) is 4.74. The summed E-state index contributed by atoms with van der Waals surface area (Å²) >= 11 is 0. The molecule has 21 heavy (non-hydrogen) atoms. The van der Waals surface area contributed by atoms with Crippen molar-refractivity contribution in [3.05, 3.63) is 47.9 Å². The van der Waals surface area contributed by atoms with E-state index in [4.69, 9.17) is 13.9 Å². The van der Waals surface area contributed by atoms with E-state index in [9.17, 15) is 0 Å². The van der Waals surface area contributed by atoms with E-state index in [0.29, 0.717) is 13.2 Å². The van der Waals surface area contributed by atoms with Gasteiger partial charge in [0, 0.05) is 5.56 Å². The molecule has 0 aliphatic rings. The van der Waals surface area contributed by atoms with Crippen LogP contribution in [0.4, 0.5) is 0 Å². The Labute approximate surface area is 126 Å². The van der Waals surface area contributed by atoms with Crippen molar-refractivity contribution in [2.75, 3.05) is 13.2 Å². The highest BCUT2D eigenvalue weighted by Gasteiger charge is 2.06. The lowest BCUT2D eigenvalue weighted by atomic mass is 10.2. The van der Waals surface area contributed by atoms with Crippen molar-refractivity contribution in [1.29, 1.82) is 0 Å². The third kappa shape index (κ3) is 4.83. The summed E-state index contributed by atoms with van der Waals surface area (Å²) in [6.45, 7) is 7.02. The third-order valence-corrected chi connectivity index (χ3v) is 3.08. The lowest BCUT2D eigenvalue weighted by molar-refractivity contribution is 0.299. The van der Waals surface area contributed by atoms with Gasteiger partial charge in [-0.3, -0.25) is 0 Å². The van der Waals surface area contributed by atoms with Crippen LogP contribution in [0.1, 0.15) is 31.6 Å². The van der Waals surface area contributed by atoms with Crippen LogP contribution in [-0.4, -0.2) is 13.2 Å². The molecule has 0 spiro atoms. The van der Waals surface area contributed by atoms with E-state index in [1.165, 1.54) is 0 Å². The molecule has 0 saturated carbocycles. The minimum Gasteiger partial charge on any atom is -0.494 e. The predicted molar refractivity (Wildman–Crippen MR) is 82.6 cm³/mol. The standard InChI is InChI=1S/C17H23NO3/c1-3-10-18-12-17-14(9-11-20-17)13-21-16-7-5-15(6-8-16)19-4-2/h5-9,11,18H,3-4,10,12-13H2,1-2H3. The fraction of sp³-hybridized carbons (Fsp3) is 0.412. The normalized spacial score (nSPS) is 10.6. The van der Waals surface area contributed by atoms with Crippen molar-refractivity contribution in [2.45, 2.75) is 33.4 Å². The molecule has 0 amide bonds. The minimum atomic E-state index is 0.508. The first kappa shape index (κ1) is 15.4. The van der Waals surface area contributed by atoms with Crippen molar-refractivity contribution in [3.8, 4) is 11.5 Å². The molecular weight excluding hydrogens is 266 g/mol. The molecule has 114 valence electrons. The molecule has 2 rings (SSSR count). The van der Waals surface area contributed by atoms with Gasteiger partial charge in [-0.15, -0.1) is 0 Å². The van der Waals surface area contributed by atoms with E-state index in [2.05, 4.69) is 12.2 Å². The Hall–Kier alpha value is -1.94.